The summed E-state index contributed by atoms with van der Waals surface area (Å²) in [5.41, 5.74) is 1.72. The topological polar surface area (TPSA) is 46.1 Å². The Bertz CT molecular complexity index is 611. The first-order chi connectivity index (χ1) is 10.2. The van der Waals surface area contributed by atoms with E-state index < -0.39 is 0 Å². The van der Waals surface area contributed by atoms with Crippen molar-refractivity contribution in [3.05, 3.63) is 35.5 Å². The van der Waals surface area contributed by atoms with Gasteiger partial charge in [0.25, 0.3) is 0 Å². The van der Waals surface area contributed by atoms with Crippen LogP contribution in [0.5, 0.6) is 0 Å². The molecule has 1 saturated heterocycles. The van der Waals surface area contributed by atoms with Crippen molar-refractivity contribution in [3.8, 4) is 10.7 Å². The number of likely N-dealkylation sites (tertiary alicyclic amines) is 1. The molecule has 0 saturated carbocycles. The number of carbonyl (C=O) groups is 1. The van der Waals surface area contributed by atoms with Gasteiger partial charge in [0.1, 0.15) is 5.01 Å². The molecule has 1 aliphatic heterocycles. The maximum Gasteiger partial charge on any atom is 0.228 e. The van der Waals surface area contributed by atoms with Crippen molar-refractivity contribution in [3.63, 3.8) is 0 Å². The molecule has 0 N–H and O–H groups in total. The summed E-state index contributed by atoms with van der Waals surface area (Å²) < 4.78 is 0. The molecular weight excluding hydrogens is 282 g/mol. The zero-order valence-electron chi connectivity index (χ0n) is 12.2. The number of thiazole rings is 1. The maximum absolute atomic E-state index is 12.3. The molecule has 0 aromatic carbocycles. The largest absolute Gasteiger partial charge is 0.342 e. The third-order valence-electron chi connectivity index (χ3n) is 3.78. The fraction of sp³-hybridized carbons (Fsp3) is 0.438. The lowest BCUT2D eigenvalue weighted by molar-refractivity contribution is -0.132. The lowest BCUT2D eigenvalue weighted by atomic mass is 10.00. The quantitative estimate of drug-likeness (QED) is 0.875. The van der Waals surface area contributed by atoms with Gasteiger partial charge in [-0.2, -0.15) is 0 Å². The van der Waals surface area contributed by atoms with Crippen LogP contribution in [0.1, 0.15) is 25.5 Å². The number of hydrogen-bond acceptors (Lipinski definition) is 4. The van der Waals surface area contributed by atoms with Crippen molar-refractivity contribution >= 4 is 17.2 Å². The van der Waals surface area contributed by atoms with Crippen molar-refractivity contribution in [2.75, 3.05) is 13.1 Å². The standard InChI is InChI=1S/C16H19N3OS/c1-12-5-4-8-19(10-12)15(20)9-13-11-21-16(18-13)14-6-2-3-7-17-14/h2-3,6-7,11-12H,4-5,8-10H2,1H3/t12-/m0/s1. The minimum atomic E-state index is 0.194. The maximum atomic E-state index is 12.3. The smallest absolute Gasteiger partial charge is 0.228 e. The van der Waals surface area contributed by atoms with Crippen LogP contribution in [-0.4, -0.2) is 33.9 Å². The molecule has 0 spiro atoms. The van der Waals surface area contributed by atoms with E-state index in [4.69, 9.17) is 0 Å². The molecule has 3 rings (SSSR count). The molecule has 0 radical (unpaired) electrons. The van der Waals surface area contributed by atoms with E-state index in [-0.39, 0.29) is 5.91 Å². The molecule has 0 aliphatic carbocycles. The van der Waals surface area contributed by atoms with Gasteiger partial charge in [-0.1, -0.05) is 13.0 Å². The van der Waals surface area contributed by atoms with Gasteiger partial charge in [0.05, 0.1) is 17.8 Å². The Morgan fingerprint density at radius 3 is 3.14 bits per heavy atom. The van der Waals surface area contributed by atoms with Gasteiger partial charge in [-0.15, -0.1) is 11.3 Å². The summed E-state index contributed by atoms with van der Waals surface area (Å²) in [6.07, 6.45) is 4.50. The molecule has 21 heavy (non-hydrogen) atoms. The summed E-state index contributed by atoms with van der Waals surface area (Å²) in [5, 5.41) is 2.85. The molecule has 0 bridgehead atoms. The van der Waals surface area contributed by atoms with E-state index in [0.717, 1.165) is 35.9 Å². The molecule has 5 heteroatoms. The van der Waals surface area contributed by atoms with Crippen LogP contribution in [0, 0.1) is 5.92 Å². The van der Waals surface area contributed by atoms with E-state index in [1.165, 1.54) is 6.42 Å². The first kappa shape index (κ1) is 14.2. The average Bonchev–Trinajstić information content (AvgIpc) is 2.97. The number of carbonyl (C=O) groups excluding carboxylic acids is 1. The summed E-state index contributed by atoms with van der Waals surface area (Å²) in [5.74, 6) is 0.807. The third kappa shape index (κ3) is 3.47. The monoisotopic (exact) mass is 301 g/mol. The molecule has 1 amide bonds. The molecule has 4 nitrogen and oxygen atoms in total. The molecule has 0 unspecified atom stereocenters. The highest BCUT2D eigenvalue weighted by Crippen LogP contribution is 2.22. The Morgan fingerprint density at radius 2 is 2.38 bits per heavy atom. The van der Waals surface area contributed by atoms with E-state index in [9.17, 15) is 4.79 Å². The van der Waals surface area contributed by atoms with Crippen LogP contribution < -0.4 is 0 Å². The van der Waals surface area contributed by atoms with Gasteiger partial charge >= 0.3 is 0 Å². The molecule has 1 atom stereocenters. The van der Waals surface area contributed by atoms with Crippen molar-refractivity contribution in [2.45, 2.75) is 26.2 Å². The van der Waals surface area contributed by atoms with Gasteiger partial charge in [0.15, 0.2) is 0 Å². The summed E-state index contributed by atoms with van der Waals surface area (Å²) >= 11 is 1.55. The van der Waals surface area contributed by atoms with Crippen LogP contribution in [-0.2, 0) is 11.2 Å². The number of piperidine rings is 1. The first-order valence-corrected chi connectivity index (χ1v) is 8.24. The van der Waals surface area contributed by atoms with Crippen LogP contribution >= 0.6 is 11.3 Å². The number of hydrogen-bond donors (Lipinski definition) is 0. The van der Waals surface area contributed by atoms with Gasteiger partial charge in [0.2, 0.25) is 5.91 Å². The summed E-state index contributed by atoms with van der Waals surface area (Å²) in [7, 11) is 0. The van der Waals surface area contributed by atoms with Crippen LogP contribution in [0.15, 0.2) is 29.8 Å². The van der Waals surface area contributed by atoms with Crippen molar-refractivity contribution < 1.29 is 4.79 Å². The average molecular weight is 301 g/mol. The van der Waals surface area contributed by atoms with Gasteiger partial charge in [-0.05, 0) is 30.9 Å². The molecular formula is C16H19N3OS. The Kier molecular flexibility index (Phi) is 4.29. The highest BCUT2D eigenvalue weighted by Gasteiger charge is 2.21. The number of amides is 1. The SMILES string of the molecule is C[C@H]1CCCN(C(=O)Cc2csc(-c3ccccn3)n2)C1. The lowest BCUT2D eigenvalue weighted by Crippen LogP contribution is -2.39. The molecule has 1 aliphatic rings. The van der Waals surface area contributed by atoms with Crippen LogP contribution in [0.2, 0.25) is 0 Å². The number of aromatic nitrogens is 2. The molecule has 2 aromatic rings. The normalized spacial score (nSPS) is 18.7. The van der Waals surface area contributed by atoms with Crippen LogP contribution in [0.4, 0.5) is 0 Å². The fourth-order valence-electron chi connectivity index (χ4n) is 2.68. The minimum absolute atomic E-state index is 0.194. The second kappa shape index (κ2) is 6.35. The Hall–Kier alpha value is -1.75. The number of pyridine rings is 1. The van der Waals surface area contributed by atoms with Crippen molar-refractivity contribution in [1.82, 2.24) is 14.9 Å². The molecule has 1 fully saturated rings. The predicted molar refractivity (Wildman–Crippen MR) is 84.0 cm³/mol. The van der Waals surface area contributed by atoms with Crippen molar-refractivity contribution in [1.29, 1.82) is 0 Å². The zero-order chi connectivity index (χ0) is 14.7. The van der Waals surface area contributed by atoms with Crippen LogP contribution in [0.25, 0.3) is 10.7 Å². The van der Waals surface area contributed by atoms with Gasteiger partial charge < -0.3 is 4.90 Å². The zero-order valence-corrected chi connectivity index (χ0v) is 13.0. The Labute approximate surface area is 128 Å². The first-order valence-electron chi connectivity index (χ1n) is 7.36. The second-order valence-corrected chi connectivity index (χ2v) is 6.48. The van der Waals surface area contributed by atoms with Gasteiger partial charge in [0, 0.05) is 24.7 Å². The van der Waals surface area contributed by atoms with E-state index in [0.29, 0.717) is 12.3 Å². The van der Waals surface area contributed by atoms with Gasteiger partial charge in [-0.25, -0.2) is 4.98 Å². The van der Waals surface area contributed by atoms with E-state index in [1.54, 1.807) is 17.5 Å². The summed E-state index contributed by atoms with van der Waals surface area (Å²) in [4.78, 5) is 23.2. The molecule has 2 aromatic heterocycles. The number of nitrogens with zero attached hydrogens (tertiary/aromatic N) is 3. The fourth-order valence-corrected chi connectivity index (χ4v) is 3.47. The molecule has 110 valence electrons. The highest BCUT2D eigenvalue weighted by atomic mass is 32.1. The Balaban J connectivity index is 1.66. The van der Waals surface area contributed by atoms with Gasteiger partial charge in [-0.3, -0.25) is 9.78 Å². The Morgan fingerprint density at radius 1 is 1.48 bits per heavy atom. The van der Waals surface area contributed by atoms with Crippen LogP contribution in [0.3, 0.4) is 0 Å². The van der Waals surface area contributed by atoms with Crippen molar-refractivity contribution in [2.24, 2.45) is 5.92 Å². The highest BCUT2D eigenvalue weighted by molar-refractivity contribution is 7.13. The lowest BCUT2D eigenvalue weighted by Gasteiger charge is -2.30. The van der Waals surface area contributed by atoms with E-state index in [1.807, 2.05) is 28.5 Å². The van der Waals surface area contributed by atoms with E-state index in [2.05, 4.69) is 16.9 Å². The third-order valence-corrected chi connectivity index (χ3v) is 4.69. The minimum Gasteiger partial charge on any atom is -0.342 e. The predicted octanol–water partition coefficient (Wildman–Crippen LogP) is 3.01. The summed E-state index contributed by atoms with van der Waals surface area (Å²) in [6, 6.07) is 5.78. The second-order valence-electron chi connectivity index (χ2n) is 5.62. The van der Waals surface area contributed by atoms with E-state index >= 15 is 0 Å². The molecule has 3 heterocycles. The summed E-state index contributed by atoms with van der Waals surface area (Å²) in [6.45, 7) is 3.98. The number of rotatable bonds is 3.